The van der Waals surface area contributed by atoms with E-state index in [1.54, 1.807) is 10.9 Å². The van der Waals surface area contributed by atoms with Crippen molar-refractivity contribution in [3.8, 4) is 0 Å². The van der Waals surface area contributed by atoms with E-state index in [1.165, 1.54) is 0 Å². The molecule has 1 aliphatic carbocycles. The van der Waals surface area contributed by atoms with Gasteiger partial charge in [0.2, 0.25) is 5.91 Å². The third-order valence-corrected chi connectivity index (χ3v) is 3.50. The summed E-state index contributed by atoms with van der Waals surface area (Å²) >= 11 is 5.95. The van der Waals surface area contributed by atoms with Crippen LogP contribution in [0, 0.1) is 0 Å². The lowest BCUT2D eigenvalue weighted by Crippen LogP contribution is -2.29. The van der Waals surface area contributed by atoms with Crippen LogP contribution in [0.1, 0.15) is 18.4 Å². The summed E-state index contributed by atoms with van der Waals surface area (Å²) in [5.41, 5.74) is 1.98. The van der Waals surface area contributed by atoms with Crippen LogP contribution in [0.4, 0.5) is 5.69 Å². The first-order valence-corrected chi connectivity index (χ1v) is 7.37. The van der Waals surface area contributed by atoms with Gasteiger partial charge in [0.1, 0.15) is 6.54 Å². The van der Waals surface area contributed by atoms with Crippen LogP contribution in [0.15, 0.2) is 36.7 Å². The van der Waals surface area contributed by atoms with E-state index in [4.69, 9.17) is 11.6 Å². The van der Waals surface area contributed by atoms with E-state index >= 15 is 0 Å². The van der Waals surface area contributed by atoms with Gasteiger partial charge in [0.05, 0.1) is 11.9 Å². The van der Waals surface area contributed by atoms with E-state index in [9.17, 15) is 4.79 Å². The Morgan fingerprint density at radius 3 is 3.05 bits per heavy atom. The summed E-state index contributed by atoms with van der Waals surface area (Å²) in [5.74, 6) is 0.0157. The van der Waals surface area contributed by atoms with Gasteiger partial charge in [0.25, 0.3) is 0 Å². The number of hydrogen-bond acceptors (Lipinski definition) is 3. The Balaban J connectivity index is 1.51. The summed E-state index contributed by atoms with van der Waals surface area (Å²) in [6, 6.07) is 8.08. The molecule has 1 amide bonds. The molecule has 0 radical (unpaired) electrons. The van der Waals surface area contributed by atoms with E-state index in [0.29, 0.717) is 12.6 Å². The molecule has 0 saturated heterocycles. The number of carbonyl (C=O) groups is 1. The molecule has 0 unspecified atom stereocenters. The fourth-order valence-electron chi connectivity index (χ4n) is 2.04. The molecule has 0 bridgehead atoms. The number of halogens is 1. The highest BCUT2D eigenvalue weighted by atomic mass is 35.5. The number of anilines is 1. The van der Waals surface area contributed by atoms with Gasteiger partial charge in [-0.05, 0) is 30.5 Å². The highest BCUT2D eigenvalue weighted by molar-refractivity contribution is 6.30. The van der Waals surface area contributed by atoms with E-state index in [2.05, 4.69) is 15.7 Å². The lowest BCUT2D eigenvalue weighted by atomic mass is 10.2. The first kappa shape index (κ1) is 13.9. The van der Waals surface area contributed by atoms with Gasteiger partial charge in [-0.15, -0.1) is 0 Å². The maximum absolute atomic E-state index is 11.7. The summed E-state index contributed by atoms with van der Waals surface area (Å²) in [6.07, 6.45) is 5.74. The van der Waals surface area contributed by atoms with Crippen LogP contribution in [0.5, 0.6) is 0 Å². The first-order valence-electron chi connectivity index (χ1n) is 6.99. The van der Waals surface area contributed by atoms with Crippen LogP contribution < -0.4 is 10.6 Å². The van der Waals surface area contributed by atoms with Crippen molar-refractivity contribution in [3.05, 3.63) is 47.2 Å². The Labute approximate surface area is 128 Å². The number of aromatic nitrogens is 2. The molecule has 2 N–H and O–H groups in total. The molecule has 1 aromatic heterocycles. The lowest BCUT2D eigenvalue weighted by Gasteiger charge is -2.04. The predicted molar refractivity (Wildman–Crippen MR) is 82.2 cm³/mol. The second kappa shape index (κ2) is 6.18. The number of hydrogen-bond donors (Lipinski definition) is 2. The molecular weight excluding hydrogens is 288 g/mol. The van der Waals surface area contributed by atoms with Crippen LogP contribution in [-0.2, 0) is 17.9 Å². The Bertz CT molecular complexity index is 636. The van der Waals surface area contributed by atoms with Crippen molar-refractivity contribution in [1.82, 2.24) is 15.1 Å². The smallest absolute Gasteiger partial charge is 0.241 e. The van der Waals surface area contributed by atoms with Gasteiger partial charge in [0, 0.05) is 23.8 Å². The average Bonchev–Trinajstić information content (AvgIpc) is 3.14. The van der Waals surface area contributed by atoms with Crippen molar-refractivity contribution in [2.45, 2.75) is 32.0 Å². The quantitative estimate of drug-likeness (QED) is 0.862. The molecule has 1 heterocycles. The molecule has 1 fully saturated rings. The van der Waals surface area contributed by atoms with Gasteiger partial charge < -0.3 is 10.6 Å². The molecule has 1 aliphatic rings. The van der Waals surface area contributed by atoms with Gasteiger partial charge in [-0.3, -0.25) is 9.48 Å². The Hall–Kier alpha value is -2.01. The molecule has 6 heteroatoms. The van der Waals surface area contributed by atoms with Crippen molar-refractivity contribution in [2.75, 3.05) is 5.32 Å². The molecule has 0 aliphatic heterocycles. The summed E-state index contributed by atoms with van der Waals surface area (Å²) < 4.78 is 1.64. The molecule has 1 saturated carbocycles. The second-order valence-electron chi connectivity index (χ2n) is 5.25. The molecule has 2 aromatic rings. The lowest BCUT2D eigenvalue weighted by molar-refractivity contribution is -0.122. The molecule has 0 atom stereocenters. The zero-order valence-corrected chi connectivity index (χ0v) is 12.3. The van der Waals surface area contributed by atoms with Crippen LogP contribution >= 0.6 is 11.6 Å². The molecule has 21 heavy (non-hydrogen) atoms. The van der Waals surface area contributed by atoms with Crippen molar-refractivity contribution < 1.29 is 4.79 Å². The van der Waals surface area contributed by atoms with Crippen molar-refractivity contribution in [1.29, 1.82) is 0 Å². The van der Waals surface area contributed by atoms with Crippen molar-refractivity contribution in [2.24, 2.45) is 0 Å². The van der Waals surface area contributed by atoms with Gasteiger partial charge in [0.15, 0.2) is 0 Å². The third-order valence-electron chi connectivity index (χ3n) is 3.27. The Morgan fingerprint density at radius 1 is 1.43 bits per heavy atom. The number of rotatable bonds is 6. The molecule has 0 spiro atoms. The van der Waals surface area contributed by atoms with Crippen molar-refractivity contribution >= 4 is 23.2 Å². The summed E-state index contributed by atoms with van der Waals surface area (Å²) in [4.78, 5) is 11.7. The molecule has 5 nitrogen and oxygen atoms in total. The fraction of sp³-hybridized carbons (Fsp3) is 0.333. The van der Waals surface area contributed by atoms with E-state index in [0.717, 1.165) is 29.1 Å². The topological polar surface area (TPSA) is 59.0 Å². The van der Waals surface area contributed by atoms with Gasteiger partial charge in [-0.2, -0.15) is 5.10 Å². The predicted octanol–water partition coefficient (Wildman–Crippen LogP) is 2.43. The highest BCUT2D eigenvalue weighted by Crippen LogP contribution is 2.18. The van der Waals surface area contributed by atoms with E-state index in [-0.39, 0.29) is 12.5 Å². The number of nitrogens with one attached hydrogen (secondary N) is 2. The molecule has 110 valence electrons. The minimum atomic E-state index is 0.0157. The van der Waals surface area contributed by atoms with Crippen LogP contribution in [0.3, 0.4) is 0 Å². The monoisotopic (exact) mass is 304 g/mol. The van der Waals surface area contributed by atoms with Gasteiger partial charge in [-0.1, -0.05) is 23.7 Å². The number of amides is 1. The average molecular weight is 305 g/mol. The second-order valence-corrected chi connectivity index (χ2v) is 5.69. The maximum atomic E-state index is 11.7. The number of benzene rings is 1. The Morgan fingerprint density at radius 2 is 2.29 bits per heavy atom. The van der Waals surface area contributed by atoms with Crippen LogP contribution in [0.2, 0.25) is 5.02 Å². The van der Waals surface area contributed by atoms with Gasteiger partial charge in [-0.25, -0.2) is 0 Å². The molecule has 1 aromatic carbocycles. The molecular formula is C15H17ClN4O. The first-order chi connectivity index (χ1) is 10.2. The van der Waals surface area contributed by atoms with E-state index < -0.39 is 0 Å². The number of carbonyl (C=O) groups excluding carboxylic acids is 1. The number of nitrogens with zero attached hydrogens (tertiary/aromatic N) is 2. The summed E-state index contributed by atoms with van der Waals surface area (Å²) in [5, 5.41) is 11.1. The Kier molecular flexibility index (Phi) is 4.10. The SMILES string of the molecule is O=C(Cn1cc(NCc2cccc(Cl)c2)cn1)NC1CC1. The fourth-order valence-corrected chi connectivity index (χ4v) is 2.25. The third kappa shape index (κ3) is 4.23. The van der Waals surface area contributed by atoms with Crippen molar-refractivity contribution in [3.63, 3.8) is 0 Å². The van der Waals surface area contributed by atoms with Crippen LogP contribution in [0.25, 0.3) is 0 Å². The van der Waals surface area contributed by atoms with Gasteiger partial charge >= 0.3 is 0 Å². The summed E-state index contributed by atoms with van der Waals surface area (Å²) in [7, 11) is 0. The highest BCUT2D eigenvalue weighted by Gasteiger charge is 2.23. The standard InChI is InChI=1S/C15H17ClN4O/c16-12-3-1-2-11(6-12)7-17-14-8-18-20(9-14)10-15(21)19-13-4-5-13/h1-3,6,8-9,13,17H,4-5,7,10H2,(H,19,21). The minimum absolute atomic E-state index is 0.0157. The minimum Gasteiger partial charge on any atom is -0.378 e. The normalized spacial score (nSPS) is 14.0. The molecule has 3 rings (SSSR count). The van der Waals surface area contributed by atoms with E-state index in [1.807, 2.05) is 30.5 Å². The summed E-state index contributed by atoms with van der Waals surface area (Å²) in [6.45, 7) is 0.926. The largest absolute Gasteiger partial charge is 0.378 e. The zero-order valence-electron chi connectivity index (χ0n) is 11.6. The van der Waals surface area contributed by atoms with Crippen LogP contribution in [-0.4, -0.2) is 21.7 Å². The maximum Gasteiger partial charge on any atom is 0.241 e. The zero-order chi connectivity index (χ0) is 14.7.